The number of amides is 6. The van der Waals surface area contributed by atoms with Gasteiger partial charge in [0.1, 0.15) is 17.7 Å². The van der Waals surface area contributed by atoms with E-state index < -0.39 is 47.2 Å². The number of carbonyl (C=O) groups is 4. The highest BCUT2D eigenvalue weighted by atomic mass is 16.3. The van der Waals surface area contributed by atoms with Gasteiger partial charge in [0.15, 0.2) is 0 Å². The maximum Gasteiger partial charge on any atom is 0.329 e. The summed E-state index contributed by atoms with van der Waals surface area (Å²) in [5, 5.41) is 21.4. The zero-order valence-corrected chi connectivity index (χ0v) is 24.0. The van der Waals surface area contributed by atoms with E-state index in [0.717, 1.165) is 61.7 Å². The number of aliphatic hydroxyl groups is 2. The second kappa shape index (κ2) is 11.7. The van der Waals surface area contributed by atoms with Crippen molar-refractivity contribution < 1.29 is 29.4 Å². The molecule has 4 fully saturated rings. The Kier molecular flexibility index (Phi) is 8.89. The zero-order valence-electron chi connectivity index (χ0n) is 24.0. The van der Waals surface area contributed by atoms with Crippen LogP contribution < -0.4 is 0 Å². The molecule has 2 N–H and O–H groups in total. The van der Waals surface area contributed by atoms with E-state index in [1.54, 1.807) is 27.7 Å². The third-order valence-corrected chi connectivity index (χ3v) is 8.72. The van der Waals surface area contributed by atoms with E-state index in [1.807, 2.05) is 0 Å². The van der Waals surface area contributed by atoms with Gasteiger partial charge in [-0.25, -0.2) is 9.59 Å². The van der Waals surface area contributed by atoms with Crippen LogP contribution in [-0.4, -0.2) is 146 Å². The fourth-order valence-electron chi connectivity index (χ4n) is 6.19. The molecule has 6 amide bonds. The van der Waals surface area contributed by atoms with Crippen LogP contribution in [0.15, 0.2) is 0 Å². The first-order valence-electron chi connectivity index (χ1n) is 14.4. The fraction of sp³-hybridized carbons (Fsp3) is 0.852. The lowest BCUT2D eigenvalue weighted by Gasteiger charge is -2.36. The van der Waals surface area contributed by atoms with E-state index in [4.69, 9.17) is 0 Å². The highest BCUT2D eigenvalue weighted by Gasteiger charge is 2.57. The Morgan fingerprint density at radius 2 is 0.923 bits per heavy atom. The summed E-state index contributed by atoms with van der Waals surface area (Å²) in [6.07, 6.45) is 4.85. The summed E-state index contributed by atoms with van der Waals surface area (Å²) in [6.45, 7) is 10.3. The van der Waals surface area contributed by atoms with E-state index >= 15 is 0 Å². The van der Waals surface area contributed by atoms with Crippen molar-refractivity contribution in [3.8, 4) is 0 Å². The first-order chi connectivity index (χ1) is 18.3. The molecule has 2 atom stereocenters. The van der Waals surface area contributed by atoms with Crippen molar-refractivity contribution >= 4 is 23.9 Å². The van der Waals surface area contributed by atoms with Gasteiger partial charge in [-0.05, 0) is 79.6 Å². The number of hydrogen-bond donors (Lipinski definition) is 2. The monoisotopic (exact) mass is 550 g/mol. The molecule has 4 rings (SSSR count). The second-order valence-corrected chi connectivity index (χ2v) is 12.5. The molecule has 4 saturated heterocycles. The number of piperidine rings is 2. The fourth-order valence-corrected chi connectivity index (χ4v) is 6.19. The maximum atomic E-state index is 13.5. The van der Waals surface area contributed by atoms with Gasteiger partial charge in [-0.15, -0.1) is 0 Å². The Bertz CT molecular complexity index is 871. The van der Waals surface area contributed by atoms with Crippen LogP contribution in [0.4, 0.5) is 9.59 Å². The van der Waals surface area contributed by atoms with E-state index in [-0.39, 0.29) is 19.8 Å². The number of rotatable bonds is 10. The smallest absolute Gasteiger partial charge is 0.329 e. The Morgan fingerprint density at radius 3 is 1.26 bits per heavy atom. The summed E-state index contributed by atoms with van der Waals surface area (Å²) in [5.41, 5.74) is -2.52. The van der Waals surface area contributed by atoms with Crippen molar-refractivity contribution in [3.63, 3.8) is 0 Å². The molecule has 0 spiro atoms. The van der Waals surface area contributed by atoms with Crippen molar-refractivity contribution in [2.75, 3.05) is 59.0 Å². The van der Waals surface area contributed by atoms with E-state index in [1.165, 1.54) is 22.6 Å². The number of carbonyl (C=O) groups excluding carboxylic acids is 4. The predicted octanol–water partition coefficient (Wildman–Crippen LogP) is 0.723. The highest BCUT2D eigenvalue weighted by molar-refractivity contribution is 6.08. The standard InChI is InChI=1S/C27H46N6O6/c1-26(2)22(36)30(17-20(34)15-28-11-7-5-8-12-28)24(38)32(26)19-33-25(39)31(23(37)27(33,3)4)18-21(35)16-29-13-9-6-10-14-29/h20-21,34-35H,5-19H2,1-4H3/t20-,21+. The molecular weight excluding hydrogens is 504 g/mol. The van der Waals surface area contributed by atoms with Crippen LogP contribution in [0, 0.1) is 0 Å². The summed E-state index contributed by atoms with van der Waals surface area (Å²) in [6, 6.07) is -1.19. The van der Waals surface area contributed by atoms with E-state index in [2.05, 4.69) is 9.80 Å². The van der Waals surface area contributed by atoms with Gasteiger partial charge >= 0.3 is 12.1 Å². The Labute approximate surface area is 231 Å². The van der Waals surface area contributed by atoms with Gasteiger partial charge in [0.05, 0.1) is 25.3 Å². The SMILES string of the molecule is CC1(C)C(=O)N(C[C@H](O)CN2CCCCC2)C(=O)N1CN1C(=O)N(C[C@@H](O)CN2CCCCC2)C(=O)C1(C)C. The third-order valence-electron chi connectivity index (χ3n) is 8.72. The molecule has 0 aromatic carbocycles. The van der Waals surface area contributed by atoms with Crippen LogP contribution >= 0.6 is 0 Å². The van der Waals surface area contributed by atoms with Crippen molar-refractivity contribution in [3.05, 3.63) is 0 Å². The number of imide groups is 2. The average Bonchev–Trinajstić information content (AvgIpc) is 3.14. The number of β-amino-alcohol motifs (C(OH)–C–C–N with tert-alkyl or cyclic N) is 2. The van der Waals surface area contributed by atoms with Crippen molar-refractivity contribution in [2.45, 2.75) is 89.5 Å². The number of hydrogen-bond acceptors (Lipinski definition) is 8. The molecule has 0 aromatic rings. The lowest BCUT2D eigenvalue weighted by atomic mass is 10.0. The molecule has 4 heterocycles. The summed E-state index contributed by atoms with van der Waals surface area (Å²) >= 11 is 0. The first kappa shape index (κ1) is 29.7. The van der Waals surface area contributed by atoms with Crippen LogP contribution in [-0.2, 0) is 9.59 Å². The number of nitrogens with zero attached hydrogens (tertiary/aromatic N) is 6. The van der Waals surface area contributed by atoms with Gasteiger partial charge in [0, 0.05) is 13.1 Å². The molecule has 12 heteroatoms. The van der Waals surface area contributed by atoms with Gasteiger partial charge < -0.3 is 20.0 Å². The Morgan fingerprint density at radius 1 is 0.590 bits per heavy atom. The van der Waals surface area contributed by atoms with Gasteiger partial charge in [-0.3, -0.25) is 29.2 Å². The van der Waals surface area contributed by atoms with Gasteiger partial charge in [0.25, 0.3) is 11.8 Å². The molecular formula is C27H46N6O6. The summed E-state index contributed by atoms with van der Waals surface area (Å²) in [7, 11) is 0. The molecule has 220 valence electrons. The highest BCUT2D eigenvalue weighted by Crippen LogP contribution is 2.33. The van der Waals surface area contributed by atoms with Crippen LogP contribution in [0.2, 0.25) is 0 Å². The van der Waals surface area contributed by atoms with Crippen molar-refractivity contribution in [1.29, 1.82) is 0 Å². The average molecular weight is 551 g/mol. The minimum Gasteiger partial charge on any atom is -0.390 e. The second-order valence-electron chi connectivity index (χ2n) is 12.5. The molecule has 0 unspecified atom stereocenters. The van der Waals surface area contributed by atoms with E-state index in [9.17, 15) is 29.4 Å². The lowest BCUT2D eigenvalue weighted by molar-refractivity contribution is -0.134. The van der Waals surface area contributed by atoms with Crippen molar-refractivity contribution in [1.82, 2.24) is 29.4 Å². The van der Waals surface area contributed by atoms with Crippen molar-refractivity contribution in [2.24, 2.45) is 0 Å². The van der Waals surface area contributed by atoms with Crippen LogP contribution in [0.5, 0.6) is 0 Å². The largest absolute Gasteiger partial charge is 0.390 e. The van der Waals surface area contributed by atoms with Gasteiger partial charge in [-0.1, -0.05) is 12.8 Å². The number of likely N-dealkylation sites (tertiary alicyclic amines) is 2. The van der Waals surface area contributed by atoms with Crippen LogP contribution in [0.1, 0.15) is 66.2 Å². The topological polar surface area (TPSA) is 128 Å². The minimum absolute atomic E-state index is 0.126. The molecule has 0 aliphatic carbocycles. The molecule has 0 aromatic heterocycles. The lowest BCUT2D eigenvalue weighted by Crippen LogP contribution is -2.55. The summed E-state index contributed by atoms with van der Waals surface area (Å²) < 4.78 is 0. The number of urea groups is 2. The predicted molar refractivity (Wildman–Crippen MR) is 144 cm³/mol. The van der Waals surface area contributed by atoms with E-state index in [0.29, 0.717) is 13.1 Å². The molecule has 39 heavy (non-hydrogen) atoms. The molecule has 12 nitrogen and oxygen atoms in total. The molecule has 4 aliphatic rings. The summed E-state index contributed by atoms with van der Waals surface area (Å²) in [4.78, 5) is 62.5. The van der Waals surface area contributed by atoms with Crippen LogP contribution in [0.3, 0.4) is 0 Å². The molecule has 4 aliphatic heterocycles. The van der Waals surface area contributed by atoms with Crippen LogP contribution in [0.25, 0.3) is 0 Å². The Balaban J connectivity index is 1.41. The minimum atomic E-state index is -1.26. The quantitative estimate of drug-likeness (QED) is 0.381. The Hall–Kier alpha value is -2.28. The molecule has 0 bridgehead atoms. The number of aliphatic hydroxyl groups excluding tert-OH is 2. The maximum absolute atomic E-state index is 13.5. The summed E-state index contributed by atoms with van der Waals surface area (Å²) in [5.74, 6) is -0.899. The van der Waals surface area contributed by atoms with Gasteiger partial charge in [-0.2, -0.15) is 0 Å². The molecule has 0 saturated carbocycles. The zero-order chi connectivity index (χ0) is 28.5. The third kappa shape index (κ3) is 6.08. The van der Waals surface area contributed by atoms with Gasteiger partial charge in [0.2, 0.25) is 0 Å². The normalized spacial score (nSPS) is 26.2. The first-order valence-corrected chi connectivity index (χ1v) is 14.4. The molecule has 0 radical (unpaired) electrons.